The lowest BCUT2D eigenvalue weighted by Crippen LogP contribution is -2.23. The summed E-state index contributed by atoms with van der Waals surface area (Å²) >= 11 is 0. The van der Waals surface area contributed by atoms with Crippen LogP contribution in [0.3, 0.4) is 0 Å². The summed E-state index contributed by atoms with van der Waals surface area (Å²) in [5.74, 6) is 0.394. The average Bonchev–Trinajstić information content (AvgIpc) is 2.04. The first kappa shape index (κ1) is 7.73. The van der Waals surface area contributed by atoms with Gasteiger partial charge in [-0.05, 0) is 18.8 Å². The molecule has 2 heteroatoms. The van der Waals surface area contributed by atoms with Crippen LogP contribution in [-0.2, 0) is 4.79 Å². The van der Waals surface area contributed by atoms with E-state index in [0.29, 0.717) is 0 Å². The molecule has 1 aliphatic rings. The van der Waals surface area contributed by atoms with Gasteiger partial charge in [0.05, 0.1) is 0 Å². The molecule has 0 aromatic rings. The zero-order chi connectivity index (χ0) is 7.40. The summed E-state index contributed by atoms with van der Waals surface area (Å²) in [7, 11) is 0. The largest absolute Gasteiger partial charge is 0.396 e. The Kier molecular flexibility index (Phi) is 2.87. The molecule has 1 saturated carbocycles. The number of aldehydes is 1. The van der Waals surface area contributed by atoms with E-state index in [-0.39, 0.29) is 18.4 Å². The van der Waals surface area contributed by atoms with Crippen molar-refractivity contribution in [2.24, 2.45) is 11.8 Å². The van der Waals surface area contributed by atoms with Gasteiger partial charge in [0.15, 0.2) is 0 Å². The summed E-state index contributed by atoms with van der Waals surface area (Å²) in [5, 5.41) is 8.83. The molecule has 2 unspecified atom stereocenters. The second-order valence-corrected chi connectivity index (χ2v) is 3.03. The van der Waals surface area contributed by atoms with Gasteiger partial charge in [0, 0.05) is 12.5 Å². The van der Waals surface area contributed by atoms with Crippen molar-refractivity contribution < 1.29 is 9.90 Å². The first-order valence-electron chi connectivity index (χ1n) is 3.94. The number of hydrogen-bond acceptors (Lipinski definition) is 2. The van der Waals surface area contributed by atoms with Crippen LogP contribution < -0.4 is 0 Å². The van der Waals surface area contributed by atoms with Gasteiger partial charge in [0.25, 0.3) is 0 Å². The number of hydrogen-bond donors (Lipinski definition) is 1. The van der Waals surface area contributed by atoms with Gasteiger partial charge in [-0.15, -0.1) is 0 Å². The number of carbonyl (C=O) groups is 1. The summed E-state index contributed by atoms with van der Waals surface area (Å²) in [6.45, 7) is 0.184. The summed E-state index contributed by atoms with van der Waals surface area (Å²) in [6, 6.07) is 0. The second-order valence-electron chi connectivity index (χ2n) is 3.03. The Morgan fingerprint density at radius 2 is 2.10 bits per heavy atom. The molecule has 1 fully saturated rings. The first-order chi connectivity index (χ1) is 4.88. The molecule has 0 aromatic heterocycles. The summed E-state index contributed by atoms with van der Waals surface area (Å²) in [5.41, 5.74) is 0. The molecule has 2 nitrogen and oxygen atoms in total. The third-order valence-corrected chi connectivity index (χ3v) is 2.38. The fraction of sp³-hybridized carbons (Fsp3) is 0.875. The van der Waals surface area contributed by atoms with E-state index in [1.54, 1.807) is 0 Å². The van der Waals surface area contributed by atoms with Crippen LogP contribution in [0.4, 0.5) is 0 Å². The summed E-state index contributed by atoms with van der Waals surface area (Å²) in [4.78, 5) is 10.4. The maximum atomic E-state index is 10.4. The van der Waals surface area contributed by atoms with E-state index in [9.17, 15) is 4.79 Å². The summed E-state index contributed by atoms with van der Waals surface area (Å²) in [6.07, 6.45) is 5.34. The molecule has 0 heterocycles. The van der Waals surface area contributed by atoms with Crippen LogP contribution in [0.2, 0.25) is 0 Å². The number of carbonyl (C=O) groups excluding carboxylic acids is 1. The molecule has 2 atom stereocenters. The van der Waals surface area contributed by atoms with Gasteiger partial charge in [0.2, 0.25) is 0 Å². The van der Waals surface area contributed by atoms with Crippen molar-refractivity contribution in [3.8, 4) is 0 Å². The van der Waals surface area contributed by atoms with E-state index in [1.807, 2.05) is 0 Å². The molecular formula is C8H14O2. The quantitative estimate of drug-likeness (QED) is 0.584. The molecule has 10 heavy (non-hydrogen) atoms. The smallest absolute Gasteiger partial charge is 0.123 e. The maximum Gasteiger partial charge on any atom is 0.123 e. The van der Waals surface area contributed by atoms with E-state index in [1.165, 1.54) is 6.42 Å². The second kappa shape index (κ2) is 3.71. The first-order valence-corrected chi connectivity index (χ1v) is 3.94. The van der Waals surface area contributed by atoms with Gasteiger partial charge in [0.1, 0.15) is 6.29 Å². The molecule has 1 aliphatic carbocycles. The highest BCUT2D eigenvalue weighted by Gasteiger charge is 2.23. The molecule has 1 N–H and O–H groups in total. The molecule has 58 valence electrons. The molecule has 0 radical (unpaired) electrons. The lowest BCUT2D eigenvalue weighted by molar-refractivity contribution is -0.114. The number of rotatable bonds is 2. The Hall–Kier alpha value is -0.370. The maximum absolute atomic E-state index is 10.4. The van der Waals surface area contributed by atoms with E-state index in [0.717, 1.165) is 25.5 Å². The minimum Gasteiger partial charge on any atom is -0.396 e. The van der Waals surface area contributed by atoms with Crippen molar-refractivity contribution in [3.63, 3.8) is 0 Å². The normalized spacial score (nSPS) is 33.7. The monoisotopic (exact) mass is 142 g/mol. The Bertz CT molecular complexity index is 112. The zero-order valence-corrected chi connectivity index (χ0v) is 6.12. The van der Waals surface area contributed by atoms with E-state index >= 15 is 0 Å². The Morgan fingerprint density at radius 3 is 2.60 bits per heavy atom. The molecule has 0 aliphatic heterocycles. The van der Waals surface area contributed by atoms with Gasteiger partial charge >= 0.3 is 0 Å². The predicted molar refractivity (Wildman–Crippen MR) is 38.6 cm³/mol. The van der Waals surface area contributed by atoms with E-state index < -0.39 is 0 Å². The highest BCUT2D eigenvalue weighted by Crippen LogP contribution is 2.27. The minimum absolute atomic E-state index is 0.138. The van der Waals surface area contributed by atoms with Crippen LogP contribution in [0.15, 0.2) is 0 Å². The van der Waals surface area contributed by atoms with E-state index in [4.69, 9.17) is 5.11 Å². The molecule has 0 amide bonds. The number of aliphatic hydroxyl groups is 1. The zero-order valence-electron chi connectivity index (χ0n) is 6.12. The topological polar surface area (TPSA) is 37.3 Å². The van der Waals surface area contributed by atoms with Crippen molar-refractivity contribution in [1.29, 1.82) is 0 Å². The van der Waals surface area contributed by atoms with Crippen LogP contribution in [0, 0.1) is 11.8 Å². The lowest BCUT2D eigenvalue weighted by atomic mass is 9.81. The Balaban J connectivity index is 2.41. The van der Waals surface area contributed by atoms with Gasteiger partial charge in [-0.3, -0.25) is 0 Å². The fourth-order valence-corrected chi connectivity index (χ4v) is 1.64. The predicted octanol–water partition coefficient (Wildman–Crippen LogP) is 0.984. The molecular weight excluding hydrogens is 128 g/mol. The minimum atomic E-state index is 0.138. The van der Waals surface area contributed by atoms with Crippen molar-refractivity contribution >= 4 is 6.29 Å². The van der Waals surface area contributed by atoms with Crippen molar-refractivity contribution in [3.05, 3.63) is 0 Å². The van der Waals surface area contributed by atoms with Gasteiger partial charge in [-0.2, -0.15) is 0 Å². The third-order valence-electron chi connectivity index (χ3n) is 2.38. The highest BCUT2D eigenvalue weighted by molar-refractivity contribution is 5.54. The van der Waals surface area contributed by atoms with Crippen LogP contribution in [0.25, 0.3) is 0 Å². The molecule has 0 aromatic carbocycles. The van der Waals surface area contributed by atoms with Crippen LogP contribution in [0.1, 0.15) is 25.7 Å². The van der Waals surface area contributed by atoms with Crippen molar-refractivity contribution in [2.75, 3.05) is 6.61 Å². The van der Waals surface area contributed by atoms with Gasteiger partial charge < -0.3 is 9.90 Å². The molecule has 0 saturated heterocycles. The molecule has 0 spiro atoms. The van der Waals surface area contributed by atoms with Crippen molar-refractivity contribution in [1.82, 2.24) is 0 Å². The third kappa shape index (κ3) is 1.57. The van der Waals surface area contributed by atoms with Crippen LogP contribution in [-0.4, -0.2) is 18.0 Å². The Labute approximate surface area is 61.2 Å². The fourth-order valence-electron chi connectivity index (χ4n) is 1.64. The SMILES string of the molecule is O=CC1CCCCC1CO. The summed E-state index contributed by atoms with van der Waals surface area (Å²) < 4.78 is 0. The highest BCUT2D eigenvalue weighted by atomic mass is 16.3. The molecule has 1 rings (SSSR count). The van der Waals surface area contributed by atoms with Crippen molar-refractivity contribution in [2.45, 2.75) is 25.7 Å². The Morgan fingerprint density at radius 1 is 1.40 bits per heavy atom. The van der Waals surface area contributed by atoms with E-state index in [2.05, 4.69) is 0 Å². The van der Waals surface area contributed by atoms with Crippen LogP contribution >= 0.6 is 0 Å². The number of aliphatic hydroxyl groups excluding tert-OH is 1. The van der Waals surface area contributed by atoms with Crippen LogP contribution in [0.5, 0.6) is 0 Å². The standard InChI is InChI=1S/C8H14O2/c9-5-7-3-1-2-4-8(7)6-10/h5,7-8,10H,1-4,6H2. The van der Waals surface area contributed by atoms with Gasteiger partial charge in [-0.1, -0.05) is 12.8 Å². The lowest BCUT2D eigenvalue weighted by Gasteiger charge is -2.25. The average molecular weight is 142 g/mol. The van der Waals surface area contributed by atoms with Gasteiger partial charge in [-0.25, -0.2) is 0 Å². The molecule has 0 bridgehead atoms.